The van der Waals surface area contributed by atoms with Crippen LogP contribution in [0.2, 0.25) is 0 Å². The number of methoxy groups -OCH3 is 1. The number of aromatic nitrogens is 3. The number of hydrogen-bond donors (Lipinski definition) is 2. The molecule has 0 aliphatic heterocycles. The number of nitrogens with zero attached hydrogens (tertiary/aromatic N) is 2. The van der Waals surface area contributed by atoms with Crippen LogP contribution in [-0.2, 0) is 11.2 Å². The van der Waals surface area contributed by atoms with Gasteiger partial charge in [0.2, 0.25) is 0 Å². The zero-order chi connectivity index (χ0) is 15.1. The van der Waals surface area contributed by atoms with Gasteiger partial charge in [0, 0.05) is 38.0 Å². The van der Waals surface area contributed by atoms with Crippen molar-refractivity contribution in [1.29, 1.82) is 0 Å². The van der Waals surface area contributed by atoms with Crippen molar-refractivity contribution >= 4 is 11.3 Å². The van der Waals surface area contributed by atoms with E-state index in [0.29, 0.717) is 10.6 Å². The Kier molecular flexibility index (Phi) is 6.04. The van der Waals surface area contributed by atoms with E-state index >= 15 is 0 Å². The Balaban J connectivity index is 1.88. The smallest absolute Gasteiger partial charge is 0.192 e. The summed E-state index contributed by atoms with van der Waals surface area (Å²) < 4.78 is 4.96. The van der Waals surface area contributed by atoms with Crippen molar-refractivity contribution in [2.24, 2.45) is 0 Å². The van der Waals surface area contributed by atoms with Crippen LogP contribution >= 0.6 is 11.3 Å². The van der Waals surface area contributed by atoms with Crippen molar-refractivity contribution in [1.82, 2.24) is 20.5 Å². The SMILES string of the molecule is COCCNCCCc1nnc(-c2c[nH]c(C)cc2=O)s1. The minimum absolute atomic E-state index is 0.0183. The first-order chi connectivity index (χ1) is 10.2. The molecule has 6 nitrogen and oxygen atoms in total. The predicted octanol–water partition coefficient (Wildman–Crippen LogP) is 1.37. The zero-order valence-electron chi connectivity index (χ0n) is 12.3. The van der Waals surface area contributed by atoms with Gasteiger partial charge >= 0.3 is 0 Å². The van der Waals surface area contributed by atoms with Crippen LogP contribution in [0.4, 0.5) is 0 Å². The number of aromatic amines is 1. The molecule has 0 aliphatic rings. The fourth-order valence-electron chi connectivity index (χ4n) is 1.87. The molecule has 0 amide bonds. The van der Waals surface area contributed by atoms with E-state index in [9.17, 15) is 4.79 Å². The van der Waals surface area contributed by atoms with Gasteiger partial charge in [-0.2, -0.15) is 0 Å². The quantitative estimate of drug-likeness (QED) is 0.720. The van der Waals surface area contributed by atoms with E-state index < -0.39 is 0 Å². The van der Waals surface area contributed by atoms with Crippen molar-refractivity contribution in [2.75, 3.05) is 26.8 Å². The first-order valence-corrected chi connectivity index (χ1v) is 7.74. The van der Waals surface area contributed by atoms with Gasteiger partial charge in [0.15, 0.2) is 10.4 Å². The molecule has 2 N–H and O–H groups in total. The van der Waals surface area contributed by atoms with Crippen molar-refractivity contribution < 1.29 is 4.74 Å². The summed E-state index contributed by atoms with van der Waals surface area (Å²) in [5, 5.41) is 13.2. The number of ether oxygens (including phenoxy) is 1. The molecule has 2 aromatic heterocycles. The Bertz CT molecular complexity index is 623. The highest BCUT2D eigenvalue weighted by atomic mass is 32.1. The van der Waals surface area contributed by atoms with E-state index in [4.69, 9.17) is 4.74 Å². The largest absolute Gasteiger partial charge is 0.383 e. The normalized spacial score (nSPS) is 11.0. The molecule has 2 heterocycles. The van der Waals surface area contributed by atoms with Crippen molar-refractivity contribution in [3.8, 4) is 10.6 Å². The Morgan fingerprint density at radius 2 is 2.24 bits per heavy atom. The van der Waals surface area contributed by atoms with Crippen molar-refractivity contribution in [3.05, 3.63) is 33.2 Å². The third kappa shape index (κ3) is 4.73. The molecule has 0 aliphatic carbocycles. The number of hydrogen-bond acceptors (Lipinski definition) is 6. The molecule has 0 radical (unpaired) electrons. The lowest BCUT2D eigenvalue weighted by Crippen LogP contribution is -2.20. The lowest BCUT2D eigenvalue weighted by atomic mass is 10.2. The maximum atomic E-state index is 11.9. The van der Waals surface area contributed by atoms with E-state index in [2.05, 4.69) is 20.5 Å². The van der Waals surface area contributed by atoms with Crippen LogP contribution in [-0.4, -0.2) is 42.0 Å². The summed E-state index contributed by atoms with van der Waals surface area (Å²) in [6, 6.07) is 1.58. The molecular formula is C14H20N4O2S. The number of nitrogens with one attached hydrogen (secondary N) is 2. The van der Waals surface area contributed by atoms with Crippen LogP contribution in [0.15, 0.2) is 17.1 Å². The lowest BCUT2D eigenvalue weighted by molar-refractivity contribution is 0.199. The summed E-state index contributed by atoms with van der Waals surface area (Å²) in [5.41, 5.74) is 1.41. The molecule has 0 fully saturated rings. The van der Waals surface area contributed by atoms with Gasteiger partial charge in [0.25, 0.3) is 0 Å². The third-order valence-electron chi connectivity index (χ3n) is 2.98. The second kappa shape index (κ2) is 8.02. The third-order valence-corrected chi connectivity index (χ3v) is 4.00. The second-order valence-electron chi connectivity index (χ2n) is 4.74. The van der Waals surface area contributed by atoms with Crippen molar-refractivity contribution in [3.63, 3.8) is 0 Å². The fraction of sp³-hybridized carbons (Fsp3) is 0.500. The zero-order valence-corrected chi connectivity index (χ0v) is 13.1. The first kappa shape index (κ1) is 15.8. The van der Waals surface area contributed by atoms with Crippen LogP contribution < -0.4 is 10.7 Å². The summed E-state index contributed by atoms with van der Waals surface area (Å²) in [6.07, 6.45) is 3.55. The fourth-order valence-corrected chi connectivity index (χ4v) is 2.77. The summed E-state index contributed by atoms with van der Waals surface area (Å²) in [4.78, 5) is 14.9. The molecular weight excluding hydrogens is 288 g/mol. The van der Waals surface area contributed by atoms with Gasteiger partial charge in [-0.25, -0.2) is 0 Å². The summed E-state index contributed by atoms with van der Waals surface area (Å²) in [7, 11) is 1.69. The first-order valence-electron chi connectivity index (χ1n) is 6.92. The van der Waals surface area contributed by atoms with Gasteiger partial charge in [-0.1, -0.05) is 11.3 Å². The molecule has 0 unspecified atom stereocenters. The monoisotopic (exact) mass is 308 g/mol. The topological polar surface area (TPSA) is 79.9 Å². The Morgan fingerprint density at radius 1 is 1.38 bits per heavy atom. The number of pyridine rings is 1. The van der Waals surface area contributed by atoms with Crippen molar-refractivity contribution in [2.45, 2.75) is 19.8 Å². The van der Waals surface area contributed by atoms with Crippen LogP contribution in [0.5, 0.6) is 0 Å². The van der Waals surface area contributed by atoms with E-state index in [1.54, 1.807) is 19.4 Å². The Morgan fingerprint density at radius 3 is 3.00 bits per heavy atom. The molecule has 2 aromatic rings. The highest BCUT2D eigenvalue weighted by molar-refractivity contribution is 7.14. The summed E-state index contributed by atoms with van der Waals surface area (Å²) in [6.45, 7) is 4.35. The van der Waals surface area contributed by atoms with E-state index in [0.717, 1.165) is 43.2 Å². The minimum Gasteiger partial charge on any atom is -0.383 e. The molecule has 21 heavy (non-hydrogen) atoms. The lowest BCUT2D eigenvalue weighted by Gasteiger charge is -2.01. The highest BCUT2D eigenvalue weighted by Crippen LogP contribution is 2.20. The van der Waals surface area contributed by atoms with Crippen LogP contribution in [0.3, 0.4) is 0 Å². The minimum atomic E-state index is -0.0183. The molecule has 0 bridgehead atoms. The standard InChI is InChI=1S/C14H20N4O2S/c1-10-8-12(19)11(9-16-10)14-18-17-13(21-14)4-3-5-15-6-7-20-2/h8-9,15H,3-7H2,1-2H3,(H,16,19). The maximum absolute atomic E-state index is 11.9. The molecule has 0 spiro atoms. The maximum Gasteiger partial charge on any atom is 0.192 e. The number of aryl methyl sites for hydroxylation is 2. The van der Waals surface area contributed by atoms with Gasteiger partial charge in [-0.15, -0.1) is 10.2 Å². The number of H-pyrrole nitrogens is 1. The average Bonchev–Trinajstić information content (AvgIpc) is 2.91. The second-order valence-corrected chi connectivity index (χ2v) is 5.80. The number of rotatable bonds is 8. The molecule has 7 heteroatoms. The van der Waals surface area contributed by atoms with Crippen LogP contribution in [0.25, 0.3) is 10.6 Å². The molecule has 0 saturated heterocycles. The van der Waals surface area contributed by atoms with Gasteiger partial charge in [-0.05, 0) is 19.9 Å². The molecule has 0 atom stereocenters. The average molecular weight is 308 g/mol. The van der Waals surface area contributed by atoms with Gasteiger partial charge in [0.05, 0.1) is 12.2 Å². The van der Waals surface area contributed by atoms with Crippen LogP contribution in [0.1, 0.15) is 17.1 Å². The summed E-state index contributed by atoms with van der Waals surface area (Å²) >= 11 is 1.48. The van der Waals surface area contributed by atoms with E-state index in [1.807, 2.05) is 6.92 Å². The Hall–Kier alpha value is -1.57. The molecule has 0 saturated carbocycles. The van der Waals surface area contributed by atoms with E-state index in [1.165, 1.54) is 11.3 Å². The van der Waals surface area contributed by atoms with Gasteiger partial charge < -0.3 is 15.0 Å². The highest BCUT2D eigenvalue weighted by Gasteiger charge is 2.10. The molecule has 0 aromatic carbocycles. The van der Waals surface area contributed by atoms with Gasteiger partial charge in [-0.3, -0.25) is 4.79 Å². The summed E-state index contributed by atoms with van der Waals surface area (Å²) in [5.74, 6) is 0. The molecule has 2 rings (SSSR count). The van der Waals surface area contributed by atoms with Crippen LogP contribution in [0, 0.1) is 6.92 Å². The van der Waals surface area contributed by atoms with Gasteiger partial charge in [0.1, 0.15) is 5.01 Å². The predicted molar refractivity (Wildman–Crippen MR) is 83.8 cm³/mol. The molecule has 114 valence electrons. The van der Waals surface area contributed by atoms with E-state index in [-0.39, 0.29) is 5.43 Å². The Labute approximate surface area is 127 Å².